The maximum absolute atomic E-state index is 15.1. The number of carbonyl (C=O) groups excluding carboxylic acids is 1. The predicted molar refractivity (Wildman–Crippen MR) is 281 cm³/mol. The number of hydrogen-bond donors (Lipinski definition) is 2. The highest BCUT2D eigenvalue weighted by atomic mass is 32.2. The Hall–Kier alpha value is -4.69. The van der Waals surface area contributed by atoms with E-state index in [1.807, 2.05) is 55.5 Å². The summed E-state index contributed by atoms with van der Waals surface area (Å²) in [6, 6.07) is 21.5. The molecule has 0 radical (unpaired) electrons. The van der Waals surface area contributed by atoms with Gasteiger partial charge in [0.15, 0.2) is 11.5 Å². The molecule has 2 aliphatic heterocycles. The van der Waals surface area contributed by atoms with Crippen LogP contribution in [0, 0.1) is 17.8 Å². The summed E-state index contributed by atoms with van der Waals surface area (Å²) in [5, 5.41) is 24.9. The molecule has 0 spiro atoms. The first-order valence-electron chi connectivity index (χ1n) is 26.8. The lowest BCUT2D eigenvalue weighted by atomic mass is 9.55. The number of rotatable bonds is 32. The average Bonchev–Trinajstić information content (AvgIpc) is 3.87. The Kier molecular flexibility index (Phi) is 21.7. The van der Waals surface area contributed by atoms with E-state index in [4.69, 9.17) is 38.4 Å². The van der Waals surface area contributed by atoms with Crippen LogP contribution in [0.5, 0.6) is 23.0 Å². The Labute approximate surface area is 427 Å². The van der Waals surface area contributed by atoms with E-state index in [1.165, 1.54) is 49.8 Å². The van der Waals surface area contributed by atoms with E-state index in [0.717, 1.165) is 78.9 Å². The number of ether oxygens (including phenoxy) is 6. The number of unbranched alkanes of at least 4 members (excludes halogenated alkanes) is 11. The zero-order chi connectivity index (χ0) is 49.7. The highest BCUT2D eigenvalue weighted by Crippen LogP contribution is 2.62. The summed E-state index contributed by atoms with van der Waals surface area (Å²) in [6.07, 6.45) is 20.3. The minimum absolute atomic E-state index is 0.0740. The number of fused-ring (bicyclic) bond motifs is 3. The molecule has 2 heterocycles. The van der Waals surface area contributed by atoms with Gasteiger partial charge in [-0.2, -0.15) is 0 Å². The maximum atomic E-state index is 15.1. The molecule has 13 heteroatoms. The number of carbonyl (C=O) groups is 1. The molecule has 388 valence electrons. The molecule has 0 aromatic heterocycles. The van der Waals surface area contributed by atoms with Gasteiger partial charge in [0.1, 0.15) is 24.1 Å². The summed E-state index contributed by atoms with van der Waals surface area (Å²) in [5.74, 6) is 1.57. The number of benzene rings is 3. The normalized spacial score (nSPS) is 22.2. The molecule has 3 aromatic rings. The summed E-state index contributed by atoms with van der Waals surface area (Å²) >= 11 is 1.76. The first-order valence-corrected chi connectivity index (χ1v) is 27.8. The molecule has 4 aliphatic rings. The van der Waals surface area contributed by atoms with Crippen LogP contribution in [0.1, 0.15) is 140 Å². The van der Waals surface area contributed by atoms with Crippen molar-refractivity contribution in [2.24, 2.45) is 22.9 Å². The molecule has 2 N–H and O–H groups in total. The number of amides is 1. The van der Waals surface area contributed by atoms with Gasteiger partial charge in [-0.3, -0.25) is 4.90 Å². The van der Waals surface area contributed by atoms with E-state index >= 15 is 4.79 Å². The van der Waals surface area contributed by atoms with Gasteiger partial charge in [-0.05, 0) is 104 Å². The molecular formula is C58H80N2O10S. The molecule has 6 atom stereocenters. The van der Waals surface area contributed by atoms with Crippen LogP contribution in [0.3, 0.4) is 0 Å². The van der Waals surface area contributed by atoms with Crippen molar-refractivity contribution >= 4 is 23.6 Å². The summed E-state index contributed by atoms with van der Waals surface area (Å²) in [7, 11) is 0. The third-order valence-corrected chi connectivity index (χ3v) is 15.4. The summed E-state index contributed by atoms with van der Waals surface area (Å²) in [6.45, 7) is 10.1. The quantitative estimate of drug-likeness (QED) is 0.0268. The van der Waals surface area contributed by atoms with Gasteiger partial charge in [-0.15, -0.1) is 18.3 Å². The van der Waals surface area contributed by atoms with E-state index in [9.17, 15) is 10.2 Å². The standard InChI is InChI=1S/C58H80N2O10S/c1-4-7-8-9-10-11-12-13-14-22-34-65-57(63)60(41-43-27-29-52-53(37-43)67-42-66-52)54-40-50(59-69-6-3)48-38-44(23-18-20-31-61)47(26-19-21-32-62)55-49-39-45(64-35-36-71-46-24-16-15-17-25-46)28-30-51(49)70-58(54,56(48)55)68-33-5-2/h5,15-17,24-25,27-30,37-39,44,47,54-56,61-62H,2,4,6-14,18-23,26,31-36,40-42H2,1,3H3. The average molecular weight is 997 g/mol. The van der Waals surface area contributed by atoms with E-state index in [-0.39, 0.29) is 63.9 Å². The second-order valence-corrected chi connectivity index (χ2v) is 20.5. The van der Waals surface area contributed by atoms with Crippen LogP contribution < -0.4 is 18.9 Å². The van der Waals surface area contributed by atoms with Crippen LogP contribution in [0.25, 0.3) is 0 Å². The number of aliphatic hydroxyl groups is 2. The number of nitrogens with zero attached hydrogens (tertiary/aromatic N) is 2. The van der Waals surface area contributed by atoms with Crippen molar-refractivity contribution in [1.82, 2.24) is 4.90 Å². The van der Waals surface area contributed by atoms with E-state index in [2.05, 4.69) is 37.8 Å². The third-order valence-electron chi connectivity index (χ3n) is 14.4. The Bertz CT molecular complexity index is 2170. The number of aliphatic hydroxyl groups excluding tert-OH is 2. The number of hydrogen-bond acceptors (Lipinski definition) is 12. The number of thioether (sulfide) groups is 1. The van der Waals surface area contributed by atoms with Crippen molar-refractivity contribution < 1.29 is 48.3 Å². The van der Waals surface area contributed by atoms with Gasteiger partial charge >= 0.3 is 6.09 Å². The molecule has 71 heavy (non-hydrogen) atoms. The summed E-state index contributed by atoms with van der Waals surface area (Å²) < 4.78 is 39.1. The molecule has 1 fully saturated rings. The lowest BCUT2D eigenvalue weighted by molar-refractivity contribution is -0.256. The van der Waals surface area contributed by atoms with Crippen LogP contribution in [0.15, 0.2) is 101 Å². The first-order chi connectivity index (χ1) is 34.9. The molecular weight excluding hydrogens is 917 g/mol. The molecule has 1 amide bonds. The van der Waals surface area contributed by atoms with Gasteiger partial charge in [0, 0.05) is 48.3 Å². The van der Waals surface area contributed by atoms with Crippen LogP contribution in [0.2, 0.25) is 0 Å². The van der Waals surface area contributed by atoms with Gasteiger partial charge in [0.25, 0.3) is 0 Å². The fraction of sp³-hybridized carbons (Fsp3) is 0.586. The minimum atomic E-state index is -1.44. The Morgan fingerprint density at radius 3 is 2.32 bits per heavy atom. The van der Waals surface area contributed by atoms with Crippen molar-refractivity contribution in [3.8, 4) is 23.0 Å². The van der Waals surface area contributed by atoms with Crippen LogP contribution in [-0.2, 0) is 20.9 Å². The van der Waals surface area contributed by atoms with E-state index in [1.54, 1.807) is 22.7 Å². The maximum Gasteiger partial charge on any atom is 0.410 e. The zero-order valence-electron chi connectivity index (χ0n) is 42.4. The number of allylic oxidation sites excluding steroid dienone is 1. The summed E-state index contributed by atoms with van der Waals surface area (Å²) in [5.41, 5.74) is 3.56. The van der Waals surface area contributed by atoms with Gasteiger partial charge in [0.2, 0.25) is 12.6 Å². The van der Waals surface area contributed by atoms with Crippen LogP contribution >= 0.6 is 11.8 Å². The molecule has 3 aromatic carbocycles. The van der Waals surface area contributed by atoms with Crippen molar-refractivity contribution in [1.29, 1.82) is 0 Å². The largest absolute Gasteiger partial charge is 0.493 e. The lowest BCUT2D eigenvalue weighted by Gasteiger charge is -2.59. The Morgan fingerprint density at radius 1 is 0.845 bits per heavy atom. The van der Waals surface area contributed by atoms with E-state index < -0.39 is 23.8 Å². The predicted octanol–water partition coefficient (Wildman–Crippen LogP) is 12.8. The van der Waals surface area contributed by atoms with Crippen molar-refractivity contribution in [3.63, 3.8) is 0 Å². The highest BCUT2D eigenvalue weighted by Gasteiger charge is 2.65. The van der Waals surface area contributed by atoms with Crippen molar-refractivity contribution in [2.45, 2.75) is 152 Å². The highest BCUT2D eigenvalue weighted by molar-refractivity contribution is 7.99. The fourth-order valence-electron chi connectivity index (χ4n) is 11.1. The molecule has 0 bridgehead atoms. The minimum Gasteiger partial charge on any atom is -0.493 e. The fourth-order valence-corrected chi connectivity index (χ4v) is 11.8. The van der Waals surface area contributed by atoms with Gasteiger partial charge in [0.05, 0.1) is 31.5 Å². The lowest BCUT2D eigenvalue weighted by Crippen LogP contribution is -2.70. The number of oxime groups is 1. The molecule has 7 rings (SSSR count). The van der Waals surface area contributed by atoms with Crippen molar-refractivity contribution in [2.75, 3.05) is 52.2 Å². The zero-order valence-corrected chi connectivity index (χ0v) is 43.3. The second-order valence-electron chi connectivity index (χ2n) is 19.3. The van der Waals surface area contributed by atoms with Crippen LogP contribution in [-0.4, -0.2) is 90.9 Å². The van der Waals surface area contributed by atoms with Gasteiger partial charge < -0.3 is 43.5 Å². The molecule has 2 aliphatic carbocycles. The first kappa shape index (κ1) is 54.1. The Morgan fingerprint density at radius 2 is 1.58 bits per heavy atom. The smallest absolute Gasteiger partial charge is 0.410 e. The molecule has 6 unspecified atom stereocenters. The molecule has 12 nitrogen and oxygen atoms in total. The third kappa shape index (κ3) is 14.3. The van der Waals surface area contributed by atoms with Gasteiger partial charge in [-0.25, -0.2) is 4.79 Å². The SMILES string of the molecule is C=CCOC12Oc3ccc(OCCSc4ccccc4)cc3C3C(CCCCO)C(CCCCO)C=C(C(=NOCC)CC1N(Cc1ccc4c(c1)OCO4)C(=O)OCCCCCCCCCCCC)C32. The van der Waals surface area contributed by atoms with Crippen LogP contribution in [0.4, 0.5) is 4.79 Å². The Balaban J connectivity index is 1.28. The topological polar surface area (TPSA) is 138 Å². The molecule has 1 saturated carbocycles. The summed E-state index contributed by atoms with van der Waals surface area (Å²) in [4.78, 5) is 24.1. The second kappa shape index (κ2) is 28.5. The molecule has 0 saturated heterocycles. The van der Waals surface area contributed by atoms with Gasteiger partial charge in [-0.1, -0.05) is 119 Å². The van der Waals surface area contributed by atoms with Crippen molar-refractivity contribution in [3.05, 3.63) is 102 Å². The monoisotopic (exact) mass is 997 g/mol. The van der Waals surface area contributed by atoms with E-state index in [0.29, 0.717) is 43.3 Å².